The van der Waals surface area contributed by atoms with Crippen LogP contribution in [0.25, 0.3) is 0 Å². The first kappa shape index (κ1) is 11.6. The number of hydrogen-bond acceptors (Lipinski definition) is 4. The van der Waals surface area contributed by atoms with Gasteiger partial charge in [0.2, 0.25) is 0 Å². The fourth-order valence-electron chi connectivity index (χ4n) is 0.882. The topological polar surface area (TPSA) is 53.4 Å². The van der Waals surface area contributed by atoms with Crippen molar-refractivity contribution in [2.45, 2.75) is 18.9 Å². The molecule has 5 heteroatoms. The van der Waals surface area contributed by atoms with Crippen LogP contribution in [0, 0.1) is 5.92 Å². The Kier molecular flexibility index (Phi) is 4.45. The van der Waals surface area contributed by atoms with Crippen LogP contribution in [0.2, 0.25) is 0 Å². The van der Waals surface area contributed by atoms with Crippen molar-refractivity contribution >= 4 is 24.3 Å². The molecule has 0 atom stereocenters. The van der Waals surface area contributed by atoms with E-state index in [0.29, 0.717) is 11.4 Å². The van der Waals surface area contributed by atoms with E-state index in [-0.39, 0.29) is 0 Å². The molecule has 0 aliphatic rings. The Morgan fingerprint density at radius 3 is 2.57 bits per heavy atom. The van der Waals surface area contributed by atoms with Crippen molar-refractivity contribution in [2.75, 3.05) is 5.75 Å². The maximum atomic E-state index is 8.84. The lowest BCUT2D eigenvalue weighted by Gasteiger charge is -2.04. The predicted octanol–water partition coefficient (Wildman–Crippen LogP) is 0.509. The quantitative estimate of drug-likeness (QED) is 0.562. The summed E-state index contributed by atoms with van der Waals surface area (Å²) in [5, 5.41) is 18.6. The minimum atomic E-state index is -1.42. The van der Waals surface area contributed by atoms with Gasteiger partial charge in [-0.1, -0.05) is 19.9 Å². The van der Waals surface area contributed by atoms with Crippen LogP contribution in [0.1, 0.15) is 13.8 Å². The molecule has 0 aliphatic heterocycles. The summed E-state index contributed by atoms with van der Waals surface area (Å²) in [6.07, 6.45) is 1.49. The molecule has 1 heterocycles. The molecular formula is C9H14BNO2S. The third-order valence-corrected chi connectivity index (χ3v) is 2.99. The van der Waals surface area contributed by atoms with Crippen LogP contribution in [-0.2, 0) is 0 Å². The zero-order valence-electron chi connectivity index (χ0n) is 8.34. The molecule has 0 unspecified atom stereocenters. The lowest BCUT2D eigenvalue weighted by molar-refractivity contribution is 0.425. The number of pyridine rings is 1. The molecule has 0 saturated carbocycles. The SMILES string of the molecule is CC(C)CSc1ccc(B(O)O)cn1. The van der Waals surface area contributed by atoms with Gasteiger partial charge in [-0.05, 0) is 12.0 Å². The van der Waals surface area contributed by atoms with Crippen molar-refractivity contribution < 1.29 is 10.0 Å². The van der Waals surface area contributed by atoms with Gasteiger partial charge >= 0.3 is 7.12 Å². The van der Waals surface area contributed by atoms with Gasteiger partial charge in [0.05, 0.1) is 5.03 Å². The average molecular weight is 211 g/mol. The number of thioether (sulfide) groups is 1. The summed E-state index contributed by atoms with van der Waals surface area (Å²) in [5.74, 6) is 1.65. The number of aromatic nitrogens is 1. The maximum absolute atomic E-state index is 8.84. The average Bonchev–Trinajstić information content (AvgIpc) is 2.15. The molecule has 2 N–H and O–H groups in total. The molecule has 0 spiro atoms. The summed E-state index contributed by atoms with van der Waals surface area (Å²) in [6.45, 7) is 4.30. The van der Waals surface area contributed by atoms with E-state index in [1.165, 1.54) is 6.20 Å². The largest absolute Gasteiger partial charge is 0.490 e. The first-order chi connectivity index (χ1) is 6.59. The summed E-state index contributed by atoms with van der Waals surface area (Å²) < 4.78 is 0. The molecule has 76 valence electrons. The van der Waals surface area contributed by atoms with Crippen molar-refractivity contribution in [3.05, 3.63) is 18.3 Å². The van der Waals surface area contributed by atoms with E-state index in [4.69, 9.17) is 10.0 Å². The molecule has 1 rings (SSSR count). The molecule has 0 radical (unpaired) electrons. The third-order valence-electron chi connectivity index (χ3n) is 1.62. The molecule has 0 saturated heterocycles. The van der Waals surface area contributed by atoms with Gasteiger partial charge in [-0.2, -0.15) is 0 Å². The molecule has 14 heavy (non-hydrogen) atoms. The first-order valence-corrected chi connectivity index (χ1v) is 5.53. The lowest BCUT2D eigenvalue weighted by Crippen LogP contribution is -2.29. The summed E-state index contributed by atoms with van der Waals surface area (Å²) in [4.78, 5) is 4.11. The number of nitrogens with zero attached hydrogens (tertiary/aromatic N) is 1. The van der Waals surface area contributed by atoms with E-state index in [1.54, 1.807) is 17.8 Å². The van der Waals surface area contributed by atoms with Crippen molar-refractivity contribution in [1.82, 2.24) is 4.98 Å². The number of hydrogen-bond donors (Lipinski definition) is 2. The van der Waals surface area contributed by atoms with Gasteiger partial charge in [0.25, 0.3) is 0 Å². The normalized spacial score (nSPS) is 10.6. The lowest BCUT2D eigenvalue weighted by atomic mass is 9.82. The van der Waals surface area contributed by atoms with Gasteiger partial charge in [0.1, 0.15) is 0 Å². The fraction of sp³-hybridized carbons (Fsp3) is 0.444. The fourth-order valence-corrected chi connectivity index (χ4v) is 1.68. The molecular weight excluding hydrogens is 197 g/mol. The minimum Gasteiger partial charge on any atom is -0.423 e. The van der Waals surface area contributed by atoms with E-state index >= 15 is 0 Å². The summed E-state index contributed by atoms with van der Waals surface area (Å²) in [5.41, 5.74) is 0.430. The van der Waals surface area contributed by atoms with Crippen LogP contribution in [0.15, 0.2) is 23.4 Å². The highest BCUT2D eigenvalue weighted by atomic mass is 32.2. The highest BCUT2D eigenvalue weighted by Gasteiger charge is 2.10. The van der Waals surface area contributed by atoms with Crippen LogP contribution >= 0.6 is 11.8 Å². The molecule has 3 nitrogen and oxygen atoms in total. The number of rotatable bonds is 4. The molecule has 0 amide bonds. The van der Waals surface area contributed by atoms with E-state index in [0.717, 1.165) is 10.8 Å². The molecule has 0 aliphatic carbocycles. The Hall–Kier alpha value is -0.515. The zero-order valence-corrected chi connectivity index (χ0v) is 9.16. The Labute approximate surface area is 88.7 Å². The molecule has 1 aromatic rings. The zero-order chi connectivity index (χ0) is 10.6. The highest BCUT2D eigenvalue weighted by molar-refractivity contribution is 7.99. The minimum absolute atomic E-state index is 0.430. The summed E-state index contributed by atoms with van der Waals surface area (Å²) in [7, 11) is -1.42. The maximum Gasteiger partial charge on any atom is 0.490 e. The van der Waals surface area contributed by atoms with Crippen molar-refractivity contribution in [1.29, 1.82) is 0 Å². The summed E-state index contributed by atoms with van der Waals surface area (Å²) >= 11 is 1.67. The Balaban J connectivity index is 2.55. The molecule has 0 aromatic carbocycles. The van der Waals surface area contributed by atoms with Crippen molar-refractivity contribution in [2.24, 2.45) is 5.92 Å². The molecule has 0 fully saturated rings. The predicted molar refractivity (Wildman–Crippen MR) is 59.6 cm³/mol. The highest BCUT2D eigenvalue weighted by Crippen LogP contribution is 2.16. The van der Waals surface area contributed by atoms with Crippen LogP contribution in [0.4, 0.5) is 0 Å². The second-order valence-electron chi connectivity index (χ2n) is 3.51. The second kappa shape index (κ2) is 5.39. The van der Waals surface area contributed by atoms with Crippen molar-refractivity contribution in [3.63, 3.8) is 0 Å². The van der Waals surface area contributed by atoms with Gasteiger partial charge in [0.15, 0.2) is 0 Å². The van der Waals surface area contributed by atoms with Crippen LogP contribution in [0.5, 0.6) is 0 Å². The Morgan fingerprint density at radius 1 is 1.43 bits per heavy atom. The van der Waals surface area contributed by atoms with Crippen molar-refractivity contribution in [3.8, 4) is 0 Å². The second-order valence-corrected chi connectivity index (χ2v) is 4.55. The van der Waals surface area contributed by atoms with Gasteiger partial charge in [0, 0.05) is 17.4 Å². The Morgan fingerprint density at radius 2 is 2.14 bits per heavy atom. The van der Waals surface area contributed by atoms with Gasteiger partial charge in [-0.3, -0.25) is 4.98 Å². The summed E-state index contributed by atoms with van der Waals surface area (Å²) in [6, 6.07) is 3.49. The Bertz CT molecular complexity index is 277. The van der Waals surface area contributed by atoms with E-state index in [9.17, 15) is 0 Å². The monoisotopic (exact) mass is 211 g/mol. The molecule has 1 aromatic heterocycles. The first-order valence-electron chi connectivity index (χ1n) is 4.54. The van der Waals surface area contributed by atoms with Gasteiger partial charge in [-0.15, -0.1) is 11.8 Å². The van der Waals surface area contributed by atoms with E-state index in [2.05, 4.69) is 18.8 Å². The van der Waals surface area contributed by atoms with Crippen LogP contribution < -0.4 is 5.46 Å². The standard InChI is InChI=1S/C9H14BNO2S/c1-7(2)6-14-9-4-3-8(5-11-9)10(12)13/h3-5,7,12-13H,6H2,1-2H3. The third kappa shape index (κ3) is 3.70. The van der Waals surface area contributed by atoms with Crippen LogP contribution in [0.3, 0.4) is 0 Å². The van der Waals surface area contributed by atoms with E-state index in [1.807, 2.05) is 6.07 Å². The molecule has 0 bridgehead atoms. The smallest absolute Gasteiger partial charge is 0.423 e. The van der Waals surface area contributed by atoms with E-state index < -0.39 is 7.12 Å². The van der Waals surface area contributed by atoms with Gasteiger partial charge < -0.3 is 10.0 Å². The van der Waals surface area contributed by atoms with Gasteiger partial charge in [-0.25, -0.2) is 0 Å². The van der Waals surface area contributed by atoms with Crippen LogP contribution in [-0.4, -0.2) is 27.9 Å².